The van der Waals surface area contributed by atoms with E-state index in [9.17, 15) is 9.18 Å². The number of amides is 1. The summed E-state index contributed by atoms with van der Waals surface area (Å²) in [6.07, 6.45) is 1.97. The molecule has 1 aliphatic rings. The van der Waals surface area contributed by atoms with Gasteiger partial charge >= 0.3 is 0 Å². The Labute approximate surface area is 100 Å². The van der Waals surface area contributed by atoms with Crippen molar-refractivity contribution in [3.63, 3.8) is 0 Å². The van der Waals surface area contributed by atoms with Crippen molar-refractivity contribution in [2.75, 3.05) is 14.2 Å². The Hall–Kier alpha value is -1.58. The lowest BCUT2D eigenvalue weighted by molar-refractivity contribution is -0.131. The molecule has 0 aromatic heterocycles. The first-order valence-electron chi connectivity index (χ1n) is 5.69. The van der Waals surface area contributed by atoms with Gasteiger partial charge in [0, 0.05) is 19.5 Å². The number of ether oxygens (including phenoxy) is 1. The maximum absolute atomic E-state index is 13.4. The molecule has 1 amide bonds. The molecule has 1 fully saturated rings. The van der Waals surface area contributed by atoms with Gasteiger partial charge in [0.1, 0.15) is 0 Å². The van der Waals surface area contributed by atoms with Gasteiger partial charge in [-0.15, -0.1) is 0 Å². The van der Waals surface area contributed by atoms with E-state index in [4.69, 9.17) is 4.74 Å². The van der Waals surface area contributed by atoms with Crippen LogP contribution >= 0.6 is 0 Å². The lowest BCUT2D eigenvalue weighted by Crippen LogP contribution is -2.27. The van der Waals surface area contributed by atoms with E-state index in [1.807, 2.05) is 0 Å². The zero-order valence-electron chi connectivity index (χ0n) is 10.1. The number of carbonyl (C=O) groups is 1. The van der Waals surface area contributed by atoms with Gasteiger partial charge < -0.3 is 9.64 Å². The van der Waals surface area contributed by atoms with E-state index in [0.29, 0.717) is 6.54 Å². The highest BCUT2D eigenvalue weighted by Crippen LogP contribution is 2.31. The molecule has 2 rings (SSSR count). The van der Waals surface area contributed by atoms with E-state index < -0.39 is 5.82 Å². The van der Waals surface area contributed by atoms with Gasteiger partial charge in [-0.2, -0.15) is 0 Å². The Kier molecular flexibility index (Phi) is 3.31. The Morgan fingerprint density at radius 3 is 2.76 bits per heavy atom. The minimum Gasteiger partial charge on any atom is -0.494 e. The molecule has 1 saturated carbocycles. The van der Waals surface area contributed by atoms with Gasteiger partial charge in [0.2, 0.25) is 5.91 Å². The molecular formula is C13H16FNO2. The molecule has 1 aromatic carbocycles. The standard InChI is InChI=1S/C13H16FNO2/c1-15(13(16)10-4-5-10)8-9-3-6-12(17-2)11(14)7-9/h3,6-7,10H,4-5,8H2,1-2H3. The van der Waals surface area contributed by atoms with Crippen LogP contribution in [-0.4, -0.2) is 25.0 Å². The molecular weight excluding hydrogens is 221 g/mol. The summed E-state index contributed by atoms with van der Waals surface area (Å²) >= 11 is 0. The van der Waals surface area contributed by atoms with Gasteiger partial charge in [-0.25, -0.2) is 4.39 Å². The van der Waals surface area contributed by atoms with E-state index in [2.05, 4.69) is 0 Å². The van der Waals surface area contributed by atoms with Gasteiger partial charge in [0.15, 0.2) is 11.6 Å². The van der Waals surface area contributed by atoms with E-state index in [-0.39, 0.29) is 17.6 Å². The van der Waals surface area contributed by atoms with Crippen molar-refractivity contribution in [2.45, 2.75) is 19.4 Å². The predicted molar refractivity (Wildman–Crippen MR) is 62.2 cm³/mol. The number of carbonyl (C=O) groups excluding carboxylic acids is 1. The monoisotopic (exact) mass is 237 g/mol. The summed E-state index contributed by atoms with van der Waals surface area (Å²) in [5.41, 5.74) is 0.778. The third-order valence-corrected chi connectivity index (χ3v) is 2.94. The van der Waals surface area contributed by atoms with E-state index in [1.54, 1.807) is 24.1 Å². The molecule has 0 saturated heterocycles. The number of rotatable bonds is 4. The molecule has 0 spiro atoms. The summed E-state index contributed by atoms with van der Waals surface area (Å²) in [7, 11) is 3.18. The zero-order valence-corrected chi connectivity index (χ0v) is 10.1. The predicted octanol–water partition coefficient (Wildman–Crippen LogP) is 2.20. The van der Waals surface area contributed by atoms with Gasteiger partial charge in [-0.05, 0) is 30.5 Å². The molecule has 0 N–H and O–H groups in total. The molecule has 0 bridgehead atoms. The van der Waals surface area contributed by atoms with Crippen LogP contribution in [0, 0.1) is 11.7 Å². The second-order valence-corrected chi connectivity index (χ2v) is 4.44. The third kappa shape index (κ3) is 2.75. The van der Waals surface area contributed by atoms with Crippen molar-refractivity contribution in [3.8, 4) is 5.75 Å². The summed E-state index contributed by atoms with van der Waals surface area (Å²) in [5.74, 6) is 0.187. The molecule has 3 nitrogen and oxygen atoms in total. The highest BCUT2D eigenvalue weighted by Gasteiger charge is 2.31. The number of benzene rings is 1. The highest BCUT2D eigenvalue weighted by molar-refractivity contribution is 5.80. The first kappa shape index (κ1) is 11.9. The quantitative estimate of drug-likeness (QED) is 0.803. The molecule has 0 heterocycles. The summed E-state index contributed by atoms with van der Waals surface area (Å²) in [6.45, 7) is 0.441. The topological polar surface area (TPSA) is 29.5 Å². The largest absolute Gasteiger partial charge is 0.494 e. The number of methoxy groups -OCH3 is 1. The van der Waals surface area contributed by atoms with Crippen LogP contribution in [0.4, 0.5) is 4.39 Å². The SMILES string of the molecule is COc1ccc(CN(C)C(=O)C2CC2)cc1F. The fourth-order valence-corrected chi connectivity index (χ4v) is 1.80. The smallest absolute Gasteiger partial charge is 0.225 e. The second-order valence-electron chi connectivity index (χ2n) is 4.44. The van der Waals surface area contributed by atoms with Crippen LogP contribution in [0.15, 0.2) is 18.2 Å². The van der Waals surface area contributed by atoms with Crippen LogP contribution in [0.1, 0.15) is 18.4 Å². The first-order valence-corrected chi connectivity index (χ1v) is 5.69. The van der Waals surface area contributed by atoms with Crippen molar-refractivity contribution >= 4 is 5.91 Å². The number of nitrogens with zero attached hydrogens (tertiary/aromatic N) is 1. The van der Waals surface area contributed by atoms with Crippen LogP contribution in [0.5, 0.6) is 5.75 Å². The Morgan fingerprint density at radius 1 is 1.53 bits per heavy atom. The molecule has 1 aliphatic carbocycles. The van der Waals surface area contributed by atoms with Crippen LogP contribution in [-0.2, 0) is 11.3 Å². The maximum atomic E-state index is 13.4. The van der Waals surface area contributed by atoms with Crippen LogP contribution in [0.25, 0.3) is 0 Å². The molecule has 4 heteroatoms. The Morgan fingerprint density at radius 2 is 2.24 bits per heavy atom. The van der Waals surface area contributed by atoms with Crippen LogP contribution in [0.2, 0.25) is 0 Å². The fourth-order valence-electron chi connectivity index (χ4n) is 1.80. The van der Waals surface area contributed by atoms with E-state index >= 15 is 0 Å². The van der Waals surface area contributed by atoms with Gasteiger partial charge in [-0.3, -0.25) is 4.79 Å². The first-order chi connectivity index (χ1) is 8.11. The minimum absolute atomic E-state index is 0.154. The Balaban J connectivity index is 2.02. The molecule has 1 aromatic rings. The molecule has 92 valence electrons. The number of hydrogen-bond acceptors (Lipinski definition) is 2. The average molecular weight is 237 g/mol. The molecule has 0 unspecified atom stereocenters. The van der Waals surface area contributed by atoms with E-state index in [1.165, 1.54) is 13.2 Å². The van der Waals surface area contributed by atoms with Crippen molar-refractivity contribution in [1.29, 1.82) is 0 Å². The van der Waals surface area contributed by atoms with Crippen molar-refractivity contribution < 1.29 is 13.9 Å². The number of halogens is 1. The normalized spacial score (nSPS) is 14.5. The third-order valence-electron chi connectivity index (χ3n) is 2.94. The molecule has 0 radical (unpaired) electrons. The van der Waals surface area contributed by atoms with Crippen molar-refractivity contribution in [3.05, 3.63) is 29.6 Å². The summed E-state index contributed by atoms with van der Waals surface area (Å²) in [4.78, 5) is 13.4. The van der Waals surface area contributed by atoms with Crippen LogP contribution < -0.4 is 4.74 Å². The van der Waals surface area contributed by atoms with Gasteiger partial charge in [0.05, 0.1) is 7.11 Å². The fraction of sp³-hybridized carbons (Fsp3) is 0.462. The molecule has 0 atom stereocenters. The zero-order chi connectivity index (χ0) is 12.4. The van der Waals surface area contributed by atoms with Crippen molar-refractivity contribution in [2.24, 2.45) is 5.92 Å². The lowest BCUT2D eigenvalue weighted by Gasteiger charge is -2.17. The number of hydrogen-bond donors (Lipinski definition) is 0. The van der Waals surface area contributed by atoms with E-state index in [0.717, 1.165) is 18.4 Å². The lowest BCUT2D eigenvalue weighted by atomic mass is 10.2. The summed E-state index contributed by atoms with van der Waals surface area (Å²) < 4.78 is 18.3. The summed E-state index contributed by atoms with van der Waals surface area (Å²) in [5, 5.41) is 0. The maximum Gasteiger partial charge on any atom is 0.225 e. The molecule has 0 aliphatic heterocycles. The minimum atomic E-state index is -0.391. The average Bonchev–Trinajstić information content (AvgIpc) is 3.12. The van der Waals surface area contributed by atoms with Crippen LogP contribution in [0.3, 0.4) is 0 Å². The summed E-state index contributed by atoms with van der Waals surface area (Å²) in [6, 6.07) is 4.77. The van der Waals surface area contributed by atoms with Crippen molar-refractivity contribution in [1.82, 2.24) is 4.90 Å². The molecule has 17 heavy (non-hydrogen) atoms. The van der Waals surface area contributed by atoms with Gasteiger partial charge in [0.25, 0.3) is 0 Å². The second kappa shape index (κ2) is 4.73. The Bertz CT molecular complexity index is 429. The van der Waals surface area contributed by atoms with Gasteiger partial charge in [-0.1, -0.05) is 6.07 Å². The highest BCUT2D eigenvalue weighted by atomic mass is 19.1.